The fourth-order valence-corrected chi connectivity index (χ4v) is 3.05. The molecule has 1 aromatic rings. The average Bonchev–Trinajstić information content (AvgIpc) is 2.49. The molecular formula is C15H17Cl2NO4. The number of nitrogens with zero attached hydrogens (tertiary/aromatic N) is 1. The molecule has 1 heterocycles. The molecule has 1 atom stereocenters. The van der Waals surface area contributed by atoms with Crippen molar-refractivity contribution >= 4 is 35.1 Å². The van der Waals surface area contributed by atoms with Crippen LogP contribution in [0.25, 0.3) is 0 Å². The molecule has 22 heavy (non-hydrogen) atoms. The minimum absolute atomic E-state index is 0.0769. The zero-order valence-corrected chi connectivity index (χ0v) is 13.7. The zero-order valence-electron chi connectivity index (χ0n) is 12.1. The third-order valence-corrected chi connectivity index (χ3v) is 4.64. The maximum Gasteiger partial charge on any atom is 0.313 e. The molecule has 0 bridgehead atoms. The van der Waals surface area contributed by atoms with Crippen LogP contribution in [-0.4, -0.2) is 48.7 Å². The van der Waals surface area contributed by atoms with Crippen molar-refractivity contribution in [2.24, 2.45) is 5.41 Å². The Morgan fingerprint density at radius 1 is 1.36 bits per heavy atom. The molecule has 0 spiro atoms. The van der Waals surface area contributed by atoms with Gasteiger partial charge in [-0.05, 0) is 31.0 Å². The van der Waals surface area contributed by atoms with Crippen molar-refractivity contribution in [3.8, 4) is 0 Å². The summed E-state index contributed by atoms with van der Waals surface area (Å²) in [4.78, 5) is 25.7. The van der Waals surface area contributed by atoms with Gasteiger partial charge >= 0.3 is 5.97 Å². The number of aliphatic carboxylic acids is 1. The van der Waals surface area contributed by atoms with Gasteiger partial charge in [0, 0.05) is 25.8 Å². The van der Waals surface area contributed by atoms with Crippen molar-refractivity contribution in [2.45, 2.75) is 12.8 Å². The largest absolute Gasteiger partial charge is 0.481 e. The van der Waals surface area contributed by atoms with Crippen LogP contribution in [0.2, 0.25) is 10.0 Å². The Labute approximate surface area is 138 Å². The Morgan fingerprint density at radius 3 is 2.68 bits per heavy atom. The Bertz CT molecular complexity index is 589. The van der Waals surface area contributed by atoms with Gasteiger partial charge in [-0.2, -0.15) is 0 Å². The third-order valence-electron chi connectivity index (χ3n) is 3.90. The minimum Gasteiger partial charge on any atom is -0.481 e. The lowest BCUT2D eigenvalue weighted by Crippen LogP contribution is -2.52. The fourth-order valence-electron chi connectivity index (χ4n) is 2.75. The number of hydrogen-bond donors (Lipinski definition) is 1. The second-order valence-corrected chi connectivity index (χ2v) is 6.29. The van der Waals surface area contributed by atoms with Crippen molar-refractivity contribution < 1.29 is 19.4 Å². The van der Waals surface area contributed by atoms with Crippen LogP contribution in [0.1, 0.15) is 23.2 Å². The van der Waals surface area contributed by atoms with Gasteiger partial charge < -0.3 is 14.7 Å². The van der Waals surface area contributed by atoms with E-state index < -0.39 is 11.4 Å². The molecule has 1 aliphatic heterocycles. The summed E-state index contributed by atoms with van der Waals surface area (Å²) in [7, 11) is 1.46. The standard InChI is InChI=1S/C15H17Cl2NO4/c1-22-9-15(14(20)21)5-2-6-18(8-15)13(19)10-3-4-11(16)12(17)7-10/h3-4,7H,2,5-6,8-9H2,1H3,(H,20,21). The van der Waals surface area contributed by atoms with Crippen molar-refractivity contribution in [2.75, 3.05) is 26.8 Å². The van der Waals surface area contributed by atoms with Gasteiger partial charge in [0.15, 0.2) is 0 Å². The van der Waals surface area contributed by atoms with Crippen LogP contribution in [0, 0.1) is 5.41 Å². The van der Waals surface area contributed by atoms with E-state index >= 15 is 0 Å². The number of benzene rings is 1. The summed E-state index contributed by atoms with van der Waals surface area (Å²) in [5.74, 6) is -1.19. The second-order valence-electron chi connectivity index (χ2n) is 5.48. The van der Waals surface area contributed by atoms with Gasteiger partial charge in [0.25, 0.3) is 5.91 Å². The monoisotopic (exact) mass is 345 g/mol. The van der Waals surface area contributed by atoms with Gasteiger partial charge in [-0.3, -0.25) is 9.59 Å². The summed E-state index contributed by atoms with van der Waals surface area (Å²) in [6.45, 7) is 0.709. The lowest BCUT2D eigenvalue weighted by Gasteiger charge is -2.39. The number of carbonyl (C=O) groups is 2. The lowest BCUT2D eigenvalue weighted by molar-refractivity contribution is -0.155. The summed E-state index contributed by atoms with van der Waals surface area (Å²) in [5, 5.41) is 10.2. The van der Waals surface area contributed by atoms with E-state index in [1.165, 1.54) is 18.1 Å². The second kappa shape index (κ2) is 6.86. The fraction of sp³-hybridized carbons (Fsp3) is 0.467. The van der Waals surface area contributed by atoms with Crippen molar-refractivity contribution in [3.05, 3.63) is 33.8 Å². The topological polar surface area (TPSA) is 66.8 Å². The summed E-state index contributed by atoms with van der Waals surface area (Å²) >= 11 is 11.8. The van der Waals surface area contributed by atoms with E-state index in [1.807, 2.05) is 0 Å². The number of rotatable bonds is 4. The Hall–Kier alpha value is -1.30. The smallest absolute Gasteiger partial charge is 0.313 e. The summed E-state index contributed by atoms with van der Waals surface area (Å²) in [6, 6.07) is 4.64. The van der Waals surface area contributed by atoms with Crippen LogP contribution in [0.3, 0.4) is 0 Å². The number of likely N-dealkylation sites (tertiary alicyclic amines) is 1. The van der Waals surface area contributed by atoms with E-state index in [2.05, 4.69) is 0 Å². The molecule has 120 valence electrons. The van der Waals surface area contributed by atoms with Crippen LogP contribution in [-0.2, 0) is 9.53 Å². The predicted octanol–water partition coefficient (Wildman–Crippen LogP) is 2.95. The number of carboxylic acids is 1. The van der Waals surface area contributed by atoms with Crippen LogP contribution < -0.4 is 0 Å². The van der Waals surface area contributed by atoms with Crippen LogP contribution >= 0.6 is 23.2 Å². The molecule has 0 saturated carbocycles. The molecule has 7 heteroatoms. The van der Waals surface area contributed by atoms with Crippen molar-refractivity contribution in [1.82, 2.24) is 4.90 Å². The zero-order chi connectivity index (χ0) is 16.3. The highest BCUT2D eigenvalue weighted by molar-refractivity contribution is 6.42. The highest BCUT2D eigenvalue weighted by Gasteiger charge is 2.44. The van der Waals surface area contributed by atoms with Gasteiger partial charge in [-0.25, -0.2) is 0 Å². The summed E-state index contributed by atoms with van der Waals surface area (Å²) in [5.41, 5.74) is -0.660. The molecule has 0 aliphatic carbocycles. The molecule has 5 nitrogen and oxygen atoms in total. The first kappa shape index (κ1) is 17.1. The molecule has 0 radical (unpaired) electrons. The van der Waals surface area contributed by atoms with E-state index in [1.54, 1.807) is 12.1 Å². The molecule has 1 unspecified atom stereocenters. The number of methoxy groups -OCH3 is 1. The molecule has 1 N–H and O–H groups in total. The van der Waals surface area contributed by atoms with Crippen molar-refractivity contribution in [1.29, 1.82) is 0 Å². The lowest BCUT2D eigenvalue weighted by atomic mass is 9.80. The van der Waals surface area contributed by atoms with Gasteiger partial charge in [0.1, 0.15) is 5.41 Å². The first-order chi connectivity index (χ1) is 10.4. The number of piperidine rings is 1. The SMILES string of the molecule is COCC1(C(=O)O)CCCN(C(=O)c2ccc(Cl)c(Cl)c2)C1. The number of halogens is 2. The van der Waals surface area contributed by atoms with Gasteiger partial charge in [-0.1, -0.05) is 23.2 Å². The first-order valence-corrected chi connectivity index (χ1v) is 7.62. The Balaban J connectivity index is 2.22. The summed E-state index contributed by atoms with van der Waals surface area (Å²) < 4.78 is 5.06. The average molecular weight is 346 g/mol. The quantitative estimate of drug-likeness (QED) is 0.910. The van der Waals surface area contributed by atoms with Crippen LogP contribution in [0.4, 0.5) is 0 Å². The third kappa shape index (κ3) is 3.37. The maximum absolute atomic E-state index is 12.6. The Morgan fingerprint density at radius 2 is 2.09 bits per heavy atom. The number of hydrogen-bond acceptors (Lipinski definition) is 3. The maximum atomic E-state index is 12.6. The molecule has 1 amide bonds. The minimum atomic E-state index is -1.06. The van der Waals surface area contributed by atoms with E-state index in [0.29, 0.717) is 35.0 Å². The van der Waals surface area contributed by atoms with Crippen LogP contribution in [0.5, 0.6) is 0 Å². The predicted molar refractivity (Wildman–Crippen MR) is 83.5 cm³/mol. The highest BCUT2D eigenvalue weighted by Crippen LogP contribution is 2.32. The molecule has 1 aliphatic rings. The molecule has 1 fully saturated rings. The first-order valence-electron chi connectivity index (χ1n) is 6.86. The van der Waals surface area contributed by atoms with Gasteiger partial charge in [-0.15, -0.1) is 0 Å². The molecular weight excluding hydrogens is 329 g/mol. The normalized spacial score (nSPS) is 21.7. The molecule has 2 rings (SSSR count). The molecule has 0 aromatic heterocycles. The number of ether oxygens (including phenoxy) is 1. The van der Waals surface area contributed by atoms with E-state index in [0.717, 1.165) is 0 Å². The molecule has 1 saturated heterocycles. The van der Waals surface area contributed by atoms with Gasteiger partial charge in [0.05, 0.1) is 16.7 Å². The van der Waals surface area contributed by atoms with Crippen molar-refractivity contribution in [3.63, 3.8) is 0 Å². The van der Waals surface area contributed by atoms with E-state index in [4.69, 9.17) is 27.9 Å². The number of amides is 1. The Kier molecular flexibility index (Phi) is 5.32. The molecule has 1 aromatic carbocycles. The van der Waals surface area contributed by atoms with Gasteiger partial charge in [0.2, 0.25) is 0 Å². The van der Waals surface area contributed by atoms with E-state index in [-0.39, 0.29) is 19.1 Å². The van der Waals surface area contributed by atoms with E-state index in [9.17, 15) is 14.7 Å². The summed E-state index contributed by atoms with van der Waals surface area (Å²) in [6.07, 6.45) is 1.10. The van der Waals surface area contributed by atoms with Crippen LogP contribution in [0.15, 0.2) is 18.2 Å². The highest BCUT2D eigenvalue weighted by atomic mass is 35.5. The number of carboxylic acid groups (broad SMARTS) is 1. The number of carbonyl (C=O) groups excluding carboxylic acids is 1.